The molecule has 2 atom stereocenters. The van der Waals surface area contributed by atoms with Gasteiger partial charge >= 0.3 is 0 Å². The summed E-state index contributed by atoms with van der Waals surface area (Å²) in [5.41, 5.74) is 5.45. The van der Waals surface area contributed by atoms with Crippen molar-refractivity contribution in [2.24, 2.45) is 11.0 Å². The van der Waals surface area contributed by atoms with Gasteiger partial charge in [-0.15, -0.1) is 0 Å². The standard InChI is InChI=1S/C23H25N5O3/c1-31-21-6-5-16(11-25-26-22(29)7-8-24)9-19(21)15-27-12-17-10-18(14-27)20-3-2-4-23(30)28(20)13-17/h2-6,9,11,17-18H,7,10,12-15H2,1H3,(H,26,29)/b25-11-/t17-,18+/m0/s1. The second-order valence-corrected chi connectivity index (χ2v) is 8.09. The molecule has 0 unspecified atom stereocenters. The zero-order valence-electron chi connectivity index (χ0n) is 17.5. The highest BCUT2D eigenvalue weighted by Gasteiger charge is 2.34. The van der Waals surface area contributed by atoms with Gasteiger partial charge in [-0.3, -0.25) is 14.5 Å². The zero-order chi connectivity index (χ0) is 21.8. The number of hydrazone groups is 1. The second kappa shape index (κ2) is 9.14. The number of hydrogen-bond donors (Lipinski definition) is 1. The normalized spacial score (nSPS) is 20.1. The van der Waals surface area contributed by atoms with Crippen LogP contribution in [-0.2, 0) is 17.9 Å². The lowest BCUT2D eigenvalue weighted by molar-refractivity contribution is -0.120. The van der Waals surface area contributed by atoms with E-state index in [4.69, 9.17) is 10.00 Å². The van der Waals surface area contributed by atoms with E-state index in [0.717, 1.165) is 55.2 Å². The molecule has 0 spiro atoms. The number of ether oxygens (including phenoxy) is 1. The number of nitrogens with zero attached hydrogens (tertiary/aromatic N) is 4. The molecule has 0 saturated carbocycles. The minimum Gasteiger partial charge on any atom is -0.496 e. The number of aromatic nitrogens is 1. The van der Waals surface area contributed by atoms with Crippen LogP contribution >= 0.6 is 0 Å². The maximum absolute atomic E-state index is 12.2. The summed E-state index contributed by atoms with van der Waals surface area (Å²) in [6, 6.07) is 13.1. The van der Waals surface area contributed by atoms with E-state index in [1.807, 2.05) is 28.8 Å². The molecule has 0 aliphatic carbocycles. The van der Waals surface area contributed by atoms with E-state index in [1.54, 1.807) is 25.5 Å². The molecule has 1 fully saturated rings. The van der Waals surface area contributed by atoms with Crippen molar-refractivity contribution in [3.05, 3.63) is 63.6 Å². The van der Waals surface area contributed by atoms with Gasteiger partial charge in [-0.1, -0.05) is 6.07 Å². The number of carbonyl (C=O) groups is 1. The van der Waals surface area contributed by atoms with Gasteiger partial charge in [-0.25, -0.2) is 5.43 Å². The van der Waals surface area contributed by atoms with Crippen molar-refractivity contribution in [2.75, 3.05) is 20.2 Å². The van der Waals surface area contributed by atoms with Crippen LogP contribution in [0.4, 0.5) is 0 Å². The first-order valence-corrected chi connectivity index (χ1v) is 10.3. The second-order valence-electron chi connectivity index (χ2n) is 8.09. The van der Waals surface area contributed by atoms with Crippen LogP contribution in [0, 0.1) is 17.2 Å². The number of fused-ring (bicyclic) bond motifs is 4. The number of benzene rings is 1. The van der Waals surface area contributed by atoms with Crippen LogP contribution in [0.1, 0.15) is 35.6 Å². The lowest BCUT2D eigenvalue weighted by Gasteiger charge is -2.42. The fourth-order valence-electron chi connectivity index (χ4n) is 4.66. The van der Waals surface area contributed by atoms with Crippen molar-refractivity contribution in [1.82, 2.24) is 14.9 Å². The third-order valence-electron chi connectivity index (χ3n) is 5.90. The number of rotatable bonds is 6. The molecule has 160 valence electrons. The van der Waals surface area contributed by atoms with E-state index in [9.17, 15) is 9.59 Å². The molecule has 8 heteroatoms. The molecule has 2 bridgehead atoms. The van der Waals surface area contributed by atoms with Gasteiger partial charge in [0.15, 0.2) is 0 Å². The highest BCUT2D eigenvalue weighted by Crippen LogP contribution is 2.36. The SMILES string of the molecule is COc1ccc(/C=N\NC(=O)CC#N)cc1CN1C[C@@H]2C[C@H](C1)c1cccc(=O)n1C2. The number of carbonyl (C=O) groups excluding carboxylic acids is 1. The Hall–Kier alpha value is -3.44. The Bertz CT molecular complexity index is 1100. The summed E-state index contributed by atoms with van der Waals surface area (Å²) in [6.07, 6.45) is 2.45. The highest BCUT2D eigenvalue weighted by molar-refractivity contribution is 5.83. The first-order valence-electron chi connectivity index (χ1n) is 10.3. The van der Waals surface area contributed by atoms with E-state index in [1.165, 1.54) is 0 Å². The molecule has 2 aliphatic heterocycles. The quantitative estimate of drug-likeness (QED) is 0.569. The summed E-state index contributed by atoms with van der Waals surface area (Å²) in [4.78, 5) is 26.0. The molecule has 31 heavy (non-hydrogen) atoms. The van der Waals surface area contributed by atoms with Gasteiger partial charge in [0.05, 0.1) is 19.4 Å². The van der Waals surface area contributed by atoms with Crippen LogP contribution < -0.4 is 15.7 Å². The third kappa shape index (κ3) is 4.67. The van der Waals surface area contributed by atoms with Crippen molar-refractivity contribution < 1.29 is 9.53 Å². The van der Waals surface area contributed by atoms with Gasteiger partial charge < -0.3 is 9.30 Å². The molecule has 4 rings (SSSR count). The number of hydrogen-bond acceptors (Lipinski definition) is 6. The number of piperidine rings is 1. The molecule has 3 heterocycles. The van der Waals surface area contributed by atoms with Gasteiger partial charge in [0.2, 0.25) is 0 Å². The number of methoxy groups -OCH3 is 1. The van der Waals surface area contributed by atoms with E-state index in [2.05, 4.69) is 21.5 Å². The molecular formula is C23H25N5O3. The van der Waals surface area contributed by atoms with E-state index >= 15 is 0 Å². The summed E-state index contributed by atoms with van der Waals surface area (Å²) >= 11 is 0. The average Bonchev–Trinajstić information content (AvgIpc) is 2.75. The first-order chi connectivity index (χ1) is 15.1. The van der Waals surface area contributed by atoms with Crippen LogP contribution in [0.25, 0.3) is 0 Å². The molecule has 8 nitrogen and oxygen atoms in total. The third-order valence-corrected chi connectivity index (χ3v) is 5.90. The van der Waals surface area contributed by atoms with Crippen molar-refractivity contribution >= 4 is 12.1 Å². The lowest BCUT2D eigenvalue weighted by Crippen LogP contribution is -2.46. The average molecular weight is 419 g/mol. The summed E-state index contributed by atoms with van der Waals surface area (Å²) in [5, 5.41) is 12.5. The number of pyridine rings is 1. The van der Waals surface area contributed by atoms with Gasteiger partial charge in [0.1, 0.15) is 12.2 Å². The fourth-order valence-corrected chi connectivity index (χ4v) is 4.66. The minimum absolute atomic E-state index is 0.0937. The zero-order valence-corrected chi connectivity index (χ0v) is 17.5. The topological polar surface area (TPSA) is 99.7 Å². The number of amides is 1. The Kier molecular flexibility index (Phi) is 6.14. The van der Waals surface area contributed by atoms with Gasteiger partial charge in [0.25, 0.3) is 11.5 Å². The summed E-state index contributed by atoms with van der Waals surface area (Å²) in [7, 11) is 1.66. The smallest absolute Gasteiger partial charge is 0.254 e. The van der Waals surface area contributed by atoms with Crippen molar-refractivity contribution in [1.29, 1.82) is 5.26 Å². The largest absolute Gasteiger partial charge is 0.496 e. The summed E-state index contributed by atoms with van der Waals surface area (Å²) in [6.45, 7) is 3.33. The molecule has 0 radical (unpaired) electrons. The van der Waals surface area contributed by atoms with Crippen LogP contribution in [-0.4, -0.2) is 41.8 Å². The lowest BCUT2D eigenvalue weighted by atomic mass is 9.83. The van der Waals surface area contributed by atoms with Crippen LogP contribution in [0.15, 0.2) is 46.3 Å². The van der Waals surface area contributed by atoms with Crippen molar-refractivity contribution in [2.45, 2.75) is 31.8 Å². The predicted molar refractivity (Wildman–Crippen MR) is 116 cm³/mol. The highest BCUT2D eigenvalue weighted by atomic mass is 16.5. The Morgan fingerprint density at radius 1 is 1.32 bits per heavy atom. The Morgan fingerprint density at radius 2 is 2.19 bits per heavy atom. The monoisotopic (exact) mass is 419 g/mol. The molecule has 1 amide bonds. The molecule has 1 aromatic carbocycles. The molecule has 1 saturated heterocycles. The molecule has 1 aromatic heterocycles. The predicted octanol–water partition coefficient (Wildman–Crippen LogP) is 1.84. The number of nitrogens with one attached hydrogen (secondary N) is 1. The van der Waals surface area contributed by atoms with Crippen LogP contribution in [0.3, 0.4) is 0 Å². The maximum atomic E-state index is 12.2. The van der Waals surface area contributed by atoms with Crippen LogP contribution in [0.2, 0.25) is 0 Å². The first kappa shape index (κ1) is 20.8. The number of likely N-dealkylation sites (tertiary alicyclic amines) is 1. The minimum atomic E-state index is -0.438. The van der Waals surface area contributed by atoms with E-state index in [-0.39, 0.29) is 12.0 Å². The fraction of sp³-hybridized carbons (Fsp3) is 0.391. The number of nitriles is 1. The molecule has 2 aliphatic rings. The molecule has 1 N–H and O–H groups in total. The Morgan fingerprint density at radius 3 is 3.00 bits per heavy atom. The molecular weight excluding hydrogens is 394 g/mol. The summed E-state index contributed by atoms with van der Waals surface area (Å²) < 4.78 is 7.50. The van der Waals surface area contributed by atoms with Gasteiger partial charge in [0, 0.05) is 49.4 Å². The summed E-state index contributed by atoms with van der Waals surface area (Å²) in [5.74, 6) is 1.18. The Balaban J connectivity index is 1.49. The van der Waals surface area contributed by atoms with Gasteiger partial charge in [-0.2, -0.15) is 10.4 Å². The Labute approximate surface area is 180 Å². The van der Waals surface area contributed by atoms with E-state index < -0.39 is 5.91 Å². The van der Waals surface area contributed by atoms with Crippen LogP contribution in [0.5, 0.6) is 5.75 Å². The van der Waals surface area contributed by atoms with Crippen molar-refractivity contribution in [3.8, 4) is 11.8 Å². The molecule has 2 aromatic rings. The van der Waals surface area contributed by atoms with Crippen molar-refractivity contribution in [3.63, 3.8) is 0 Å². The maximum Gasteiger partial charge on any atom is 0.254 e. The van der Waals surface area contributed by atoms with E-state index in [0.29, 0.717) is 11.8 Å². The van der Waals surface area contributed by atoms with Gasteiger partial charge in [-0.05, 0) is 42.2 Å².